The van der Waals surface area contributed by atoms with E-state index in [0.717, 1.165) is 23.3 Å². The average molecular weight is 286 g/mol. The number of aromatic nitrogens is 1. The van der Waals surface area contributed by atoms with Crippen molar-refractivity contribution < 1.29 is 0 Å². The molecule has 0 atom stereocenters. The summed E-state index contributed by atoms with van der Waals surface area (Å²) in [6.07, 6.45) is 4.15. The van der Waals surface area contributed by atoms with E-state index in [1.807, 2.05) is 0 Å². The molecule has 1 aromatic heterocycles. The maximum atomic E-state index is 4.69. The summed E-state index contributed by atoms with van der Waals surface area (Å²) in [6, 6.07) is 8.78. The summed E-state index contributed by atoms with van der Waals surface area (Å²) in [7, 11) is 0. The van der Waals surface area contributed by atoms with E-state index in [9.17, 15) is 0 Å². The van der Waals surface area contributed by atoms with Gasteiger partial charge in [-0.15, -0.1) is 11.3 Å². The van der Waals surface area contributed by atoms with Gasteiger partial charge in [0.2, 0.25) is 0 Å². The average Bonchev–Trinajstić information content (AvgIpc) is 2.86. The van der Waals surface area contributed by atoms with E-state index in [0.29, 0.717) is 5.92 Å². The molecule has 0 aliphatic heterocycles. The number of thiazole rings is 1. The van der Waals surface area contributed by atoms with Gasteiger partial charge in [0.25, 0.3) is 0 Å². The lowest BCUT2D eigenvalue weighted by Crippen LogP contribution is -2.20. The zero-order valence-electron chi connectivity index (χ0n) is 12.2. The predicted molar refractivity (Wildman–Crippen MR) is 87.5 cm³/mol. The van der Waals surface area contributed by atoms with Crippen LogP contribution >= 0.6 is 11.3 Å². The molecule has 1 saturated carbocycles. The fourth-order valence-corrected chi connectivity index (χ4v) is 3.18. The Bertz CT molecular complexity index is 553. The molecule has 3 heteroatoms. The Hall–Kier alpha value is -1.35. The van der Waals surface area contributed by atoms with Crippen LogP contribution in [0.1, 0.15) is 44.6 Å². The number of rotatable bonds is 5. The molecule has 0 spiro atoms. The Morgan fingerprint density at radius 1 is 1.25 bits per heavy atom. The third-order valence-corrected chi connectivity index (χ3v) is 4.94. The van der Waals surface area contributed by atoms with E-state index in [1.165, 1.54) is 30.4 Å². The SMILES string of the molecule is CC(C)c1ccc(-c2csc(NCC3CCC3)n2)cc1. The van der Waals surface area contributed by atoms with Gasteiger partial charge in [-0.05, 0) is 30.2 Å². The summed E-state index contributed by atoms with van der Waals surface area (Å²) in [4.78, 5) is 4.69. The number of nitrogens with zero attached hydrogens (tertiary/aromatic N) is 1. The minimum Gasteiger partial charge on any atom is -0.361 e. The Kier molecular flexibility index (Phi) is 4.06. The summed E-state index contributed by atoms with van der Waals surface area (Å²) >= 11 is 1.71. The van der Waals surface area contributed by atoms with E-state index < -0.39 is 0 Å². The van der Waals surface area contributed by atoms with Crippen molar-refractivity contribution in [3.63, 3.8) is 0 Å². The van der Waals surface area contributed by atoms with Gasteiger partial charge >= 0.3 is 0 Å². The molecule has 0 amide bonds. The first-order valence-electron chi connectivity index (χ1n) is 7.52. The van der Waals surface area contributed by atoms with Gasteiger partial charge in [-0.2, -0.15) is 0 Å². The third-order valence-electron chi connectivity index (χ3n) is 4.14. The Balaban J connectivity index is 1.65. The molecule has 20 heavy (non-hydrogen) atoms. The first-order chi connectivity index (χ1) is 9.72. The molecule has 1 aliphatic rings. The lowest BCUT2D eigenvalue weighted by atomic mass is 9.86. The summed E-state index contributed by atoms with van der Waals surface area (Å²) in [6.45, 7) is 5.53. The van der Waals surface area contributed by atoms with E-state index in [4.69, 9.17) is 4.98 Å². The van der Waals surface area contributed by atoms with Crippen molar-refractivity contribution in [3.05, 3.63) is 35.2 Å². The summed E-state index contributed by atoms with van der Waals surface area (Å²) in [5.74, 6) is 1.45. The molecule has 1 aromatic carbocycles. The van der Waals surface area contributed by atoms with Crippen LogP contribution in [0.15, 0.2) is 29.6 Å². The summed E-state index contributed by atoms with van der Waals surface area (Å²) in [5, 5.41) is 6.68. The second-order valence-electron chi connectivity index (χ2n) is 5.99. The first-order valence-corrected chi connectivity index (χ1v) is 8.40. The molecule has 2 nitrogen and oxygen atoms in total. The van der Waals surface area contributed by atoms with Gasteiger partial charge in [-0.25, -0.2) is 4.98 Å². The highest BCUT2D eigenvalue weighted by molar-refractivity contribution is 7.14. The predicted octanol–water partition coefficient (Wildman–Crippen LogP) is 5.15. The molecule has 0 bridgehead atoms. The molecule has 1 aliphatic carbocycles. The second-order valence-corrected chi connectivity index (χ2v) is 6.85. The molecule has 0 radical (unpaired) electrons. The maximum absolute atomic E-state index is 4.69. The summed E-state index contributed by atoms with van der Waals surface area (Å²) < 4.78 is 0. The topological polar surface area (TPSA) is 24.9 Å². The van der Waals surface area contributed by atoms with Crippen molar-refractivity contribution in [2.24, 2.45) is 5.92 Å². The monoisotopic (exact) mass is 286 g/mol. The van der Waals surface area contributed by atoms with Gasteiger partial charge in [0.05, 0.1) is 5.69 Å². The van der Waals surface area contributed by atoms with Crippen LogP contribution in [0.4, 0.5) is 5.13 Å². The minimum atomic E-state index is 0.583. The molecule has 2 aromatic rings. The highest BCUT2D eigenvalue weighted by Crippen LogP contribution is 2.29. The third kappa shape index (κ3) is 3.04. The number of hydrogen-bond acceptors (Lipinski definition) is 3. The van der Waals surface area contributed by atoms with Gasteiger partial charge in [0.15, 0.2) is 5.13 Å². The Morgan fingerprint density at radius 3 is 2.60 bits per heavy atom. The van der Waals surface area contributed by atoms with Crippen LogP contribution in [0.2, 0.25) is 0 Å². The smallest absolute Gasteiger partial charge is 0.183 e. The molecule has 106 valence electrons. The van der Waals surface area contributed by atoms with Crippen LogP contribution in [0.5, 0.6) is 0 Å². The lowest BCUT2D eigenvalue weighted by Gasteiger charge is -2.25. The number of anilines is 1. The molecule has 1 fully saturated rings. The second kappa shape index (κ2) is 5.96. The van der Waals surface area contributed by atoms with Crippen LogP contribution in [-0.2, 0) is 0 Å². The van der Waals surface area contributed by atoms with E-state index in [2.05, 4.69) is 48.8 Å². The highest BCUT2D eigenvalue weighted by Gasteiger charge is 2.17. The van der Waals surface area contributed by atoms with E-state index >= 15 is 0 Å². The van der Waals surface area contributed by atoms with Crippen molar-refractivity contribution >= 4 is 16.5 Å². The standard InChI is InChI=1S/C17H22N2S/c1-12(2)14-6-8-15(9-7-14)16-11-20-17(19-16)18-10-13-4-3-5-13/h6-9,11-13H,3-5,10H2,1-2H3,(H,18,19). The maximum Gasteiger partial charge on any atom is 0.183 e. The van der Waals surface area contributed by atoms with Gasteiger partial charge in [0.1, 0.15) is 0 Å². The fourth-order valence-electron chi connectivity index (χ4n) is 2.45. The van der Waals surface area contributed by atoms with Crippen LogP contribution in [0.3, 0.4) is 0 Å². The minimum absolute atomic E-state index is 0.583. The molecule has 1 heterocycles. The molecule has 3 rings (SSSR count). The number of hydrogen-bond donors (Lipinski definition) is 1. The van der Waals surface area contributed by atoms with Crippen LogP contribution in [0, 0.1) is 5.92 Å². The molecule has 0 unspecified atom stereocenters. The van der Waals surface area contributed by atoms with Crippen molar-refractivity contribution in [1.29, 1.82) is 0 Å². The molecular formula is C17H22N2S. The quantitative estimate of drug-likeness (QED) is 0.822. The van der Waals surface area contributed by atoms with E-state index in [1.54, 1.807) is 11.3 Å². The Labute approximate surface area is 125 Å². The molecule has 1 N–H and O–H groups in total. The largest absolute Gasteiger partial charge is 0.361 e. The zero-order chi connectivity index (χ0) is 13.9. The highest BCUT2D eigenvalue weighted by atomic mass is 32.1. The van der Waals surface area contributed by atoms with Crippen molar-refractivity contribution in [1.82, 2.24) is 4.98 Å². The number of nitrogens with one attached hydrogen (secondary N) is 1. The normalized spacial score (nSPS) is 15.3. The van der Waals surface area contributed by atoms with Gasteiger partial charge in [-0.3, -0.25) is 0 Å². The zero-order valence-corrected chi connectivity index (χ0v) is 13.0. The van der Waals surface area contributed by atoms with Crippen molar-refractivity contribution in [2.45, 2.75) is 39.0 Å². The van der Waals surface area contributed by atoms with Gasteiger partial charge in [0, 0.05) is 17.5 Å². The molecule has 0 saturated heterocycles. The fraction of sp³-hybridized carbons (Fsp3) is 0.471. The lowest BCUT2D eigenvalue weighted by molar-refractivity contribution is 0.333. The Morgan fingerprint density at radius 2 is 2.00 bits per heavy atom. The van der Waals surface area contributed by atoms with Crippen molar-refractivity contribution in [2.75, 3.05) is 11.9 Å². The van der Waals surface area contributed by atoms with E-state index in [-0.39, 0.29) is 0 Å². The number of benzene rings is 1. The van der Waals surface area contributed by atoms with Crippen molar-refractivity contribution in [3.8, 4) is 11.3 Å². The first kappa shape index (κ1) is 13.6. The van der Waals surface area contributed by atoms with Gasteiger partial charge in [-0.1, -0.05) is 44.5 Å². The van der Waals surface area contributed by atoms with Crippen LogP contribution < -0.4 is 5.32 Å². The van der Waals surface area contributed by atoms with Crippen LogP contribution in [-0.4, -0.2) is 11.5 Å². The summed E-state index contributed by atoms with van der Waals surface area (Å²) in [5.41, 5.74) is 3.68. The molecular weight excluding hydrogens is 264 g/mol. The van der Waals surface area contributed by atoms with Crippen LogP contribution in [0.25, 0.3) is 11.3 Å². The van der Waals surface area contributed by atoms with Gasteiger partial charge < -0.3 is 5.32 Å².